The van der Waals surface area contributed by atoms with Crippen molar-refractivity contribution in [1.29, 1.82) is 0 Å². The lowest BCUT2D eigenvalue weighted by Gasteiger charge is -2.09. The summed E-state index contributed by atoms with van der Waals surface area (Å²) in [6.07, 6.45) is 0.219. The lowest BCUT2D eigenvalue weighted by atomic mass is 10.4. The van der Waals surface area contributed by atoms with Crippen LogP contribution >= 0.6 is 0 Å². The molecule has 0 bridgehead atoms. The smallest absolute Gasteiger partial charge is 0.227 e. The summed E-state index contributed by atoms with van der Waals surface area (Å²) < 4.78 is 1.49. The summed E-state index contributed by atoms with van der Waals surface area (Å²) in [7, 11) is 5.62. The summed E-state index contributed by atoms with van der Waals surface area (Å²) in [6, 6.07) is 0. The second kappa shape index (κ2) is 5.40. The van der Waals surface area contributed by atoms with Crippen LogP contribution in [-0.2, 0) is 18.3 Å². The summed E-state index contributed by atoms with van der Waals surface area (Å²) in [5.41, 5.74) is 0. The zero-order valence-electron chi connectivity index (χ0n) is 9.27. The van der Waals surface area contributed by atoms with Crippen molar-refractivity contribution in [3.63, 3.8) is 0 Å². The van der Waals surface area contributed by atoms with E-state index in [0.29, 0.717) is 12.4 Å². The average molecular weight is 212 g/mol. The minimum atomic E-state index is -0.0604. The van der Waals surface area contributed by atoms with E-state index in [2.05, 4.69) is 20.8 Å². The maximum atomic E-state index is 11.4. The largest absolute Gasteiger partial charge is 0.354 e. The van der Waals surface area contributed by atoms with Crippen LogP contribution in [0.2, 0.25) is 0 Å². The Hall–Kier alpha value is -1.50. The molecule has 0 aliphatic carbocycles. The highest BCUT2D eigenvalue weighted by Crippen LogP contribution is 1.89. The fraction of sp³-hybridized carbons (Fsp3) is 0.750. The third kappa shape index (κ3) is 4.03. The highest BCUT2D eigenvalue weighted by molar-refractivity contribution is 5.77. The normalized spacial score (nSPS) is 10.7. The number of carbonyl (C=O) groups is 1. The Labute approximate surface area is 88.4 Å². The molecule has 1 aromatic rings. The SMILES string of the molecule is CN(C)CCNC(=O)Cc1nnnn1C. The summed E-state index contributed by atoms with van der Waals surface area (Å²) in [4.78, 5) is 13.4. The van der Waals surface area contributed by atoms with E-state index in [9.17, 15) is 4.79 Å². The number of rotatable bonds is 5. The molecule has 0 radical (unpaired) electrons. The van der Waals surface area contributed by atoms with Crippen molar-refractivity contribution in [3.8, 4) is 0 Å². The number of nitrogens with zero attached hydrogens (tertiary/aromatic N) is 5. The Morgan fingerprint density at radius 1 is 1.53 bits per heavy atom. The molecule has 0 fully saturated rings. The van der Waals surface area contributed by atoms with Gasteiger partial charge in [-0.15, -0.1) is 5.10 Å². The van der Waals surface area contributed by atoms with Crippen molar-refractivity contribution in [1.82, 2.24) is 30.4 Å². The first-order valence-corrected chi connectivity index (χ1v) is 4.72. The van der Waals surface area contributed by atoms with E-state index in [1.54, 1.807) is 7.05 Å². The van der Waals surface area contributed by atoms with E-state index in [1.807, 2.05) is 19.0 Å². The molecule has 1 rings (SSSR count). The molecule has 1 aromatic heterocycles. The Morgan fingerprint density at radius 3 is 2.80 bits per heavy atom. The molecule has 0 atom stereocenters. The van der Waals surface area contributed by atoms with Crippen LogP contribution in [0.25, 0.3) is 0 Å². The first-order valence-electron chi connectivity index (χ1n) is 4.72. The van der Waals surface area contributed by atoms with Crippen molar-refractivity contribution in [2.45, 2.75) is 6.42 Å². The highest BCUT2D eigenvalue weighted by atomic mass is 16.1. The van der Waals surface area contributed by atoms with Crippen LogP contribution in [-0.4, -0.2) is 58.2 Å². The lowest BCUT2D eigenvalue weighted by molar-refractivity contribution is -0.120. The topological polar surface area (TPSA) is 75.9 Å². The number of amides is 1. The first-order chi connectivity index (χ1) is 7.09. The number of tetrazole rings is 1. The molecule has 7 heteroatoms. The van der Waals surface area contributed by atoms with Crippen LogP contribution < -0.4 is 5.32 Å². The van der Waals surface area contributed by atoms with E-state index in [4.69, 9.17) is 0 Å². The molecular weight excluding hydrogens is 196 g/mol. The number of aryl methyl sites for hydroxylation is 1. The number of carbonyl (C=O) groups excluding carboxylic acids is 1. The molecular formula is C8H16N6O. The van der Waals surface area contributed by atoms with Gasteiger partial charge in [0.1, 0.15) is 0 Å². The van der Waals surface area contributed by atoms with Crippen LogP contribution in [0.1, 0.15) is 5.82 Å². The zero-order valence-corrected chi connectivity index (χ0v) is 9.27. The van der Waals surface area contributed by atoms with Gasteiger partial charge in [-0.3, -0.25) is 4.79 Å². The molecule has 0 aliphatic heterocycles. The molecule has 0 spiro atoms. The minimum absolute atomic E-state index is 0.0604. The molecule has 1 heterocycles. The van der Waals surface area contributed by atoms with Crippen molar-refractivity contribution in [2.24, 2.45) is 7.05 Å². The van der Waals surface area contributed by atoms with Gasteiger partial charge in [0.25, 0.3) is 0 Å². The van der Waals surface area contributed by atoms with Crippen LogP contribution in [0.5, 0.6) is 0 Å². The van der Waals surface area contributed by atoms with Crippen LogP contribution in [0.3, 0.4) is 0 Å². The van der Waals surface area contributed by atoms with Crippen molar-refractivity contribution in [3.05, 3.63) is 5.82 Å². The Bertz CT molecular complexity index is 321. The van der Waals surface area contributed by atoms with Gasteiger partial charge in [0, 0.05) is 20.1 Å². The molecule has 0 aliphatic rings. The number of nitrogens with one attached hydrogen (secondary N) is 1. The molecule has 0 saturated heterocycles. The predicted octanol–water partition coefficient (Wildman–Crippen LogP) is -1.57. The summed E-state index contributed by atoms with van der Waals surface area (Å²) in [5, 5.41) is 13.6. The van der Waals surface area contributed by atoms with E-state index in [0.717, 1.165) is 6.54 Å². The van der Waals surface area contributed by atoms with E-state index >= 15 is 0 Å². The van der Waals surface area contributed by atoms with Gasteiger partial charge in [-0.2, -0.15) is 0 Å². The van der Waals surface area contributed by atoms with E-state index in [-0.39, 0.29) is 12.3 Å². The number of likely N-dealkylation sites (N-methyl/N-ethyl adjacent to an activating group) is 1. The van der Waals surface area contributed by atoms with E-state index in [1.165, 1.54) is 4.68 Å². The third-order valence-corrected chi connectivity index (χ3v) is 1.91. The molecule has 84 valence electrons. The van der Waals surface area contributed by atoms with Gasteiger partial charge in [-0.1, -0.05) is 0 Å². The van der Waals surface area contributed by atoms with Gasteiger partial charge in [-0.25, -0.2) is 4.68 Å². The van der Waals surface area contributed by atoms with Crippen molar-refractivity contribution >= 4 is 5.91 Å². The number of aromatic nitrogens is 4. The average Bonchev–Trinajstić information content (AvgIpc) is 2.51. The monoisotopic (exact) mass is 212 g/mol. The number of hydrogen-bond acceptors (Lipinski definition) is 5. The first kappa shape index (κ1) is 11.6. The predicted molar refractivity (Wildman–Crippen MR) is 54.1 cm³/mol. The second-order valence-electron chi connectivity index (χ2n) is 3.55. The lowest BCUT2D eigenvalue weighted by Crippen LogP contribution is -2.32. The second-order valence-corrected chi connectivity index (χ2v) is 3.55. The standard InChI is InChI=1S/C8H16N6O/c1-13(2)5-4-9-8(15)6-7-10-11-12-14(7)3/h4-6H2,1-3H3,(H,9,15). The third-order valence-electron chi connectivity index (χ3n) is 1.91. The summed E-state index contributed by atoms with van der Waals surface area (Å²) in [6.45, 7) is 1.46. The molecule has 0 aromatic carbocycles. The molecule has 1 amide bonds. The van der Waals surface area contributed by atoms with Gasteiger partial charge in [-0.05, 0) is 24.5 Å². The fourth-order valence-electron chi connectivity index (χ4n) is 1.02. The van der Waals surface area contributed by atoms with Crippen LogP contribution in [0.15, 0.2) is 0 Å². The van der Waals surface area contributed by atoms with Gasteiger partial charge >= 0.3 is 0 Å². The van der Waals surface area contributed by atoms with Crippen LogP contribution in [0.4, 0.5) is 0 Å². The Kier molecular flexibility index (Phi) is 4.17. The Balaban J connectivity index is 2.28. The van der Waals surface area contributed by atoms with Gasteiger partial charge in [0.2, 0.25) is 5.91 Å². The summed E-state index contributed by atoms with van der Waals surface area (Å²) in [5.74, 6) is 0.507. The molecule has 7 nitrogen and oxygen atoms in total. The minimum Gasteiger partial charge on any atom is -0.354 e. The van der Waals surface area contributed by atoms with Gasteiger partial charge < -0.3 is 10.2 Å². The molecule has 0 unspecified atom stereocenters. The number of hydrogen-bond donors (Lipinski definition) is 1. The zero-order chi connectivity index (χ0) is 11.3. The molecule has 15 heavy (non-hydrogen) atoms. The fourth-order valence-corrected chi connectivity index (χ4v) is 1.02. The maximum absolute atomic E-state index is 11.4. The van der Waals surface area contributed by atoms with Crippen molar-refractivity contribution < 1.29 is 4.79 Å². The molecule has 1 N–H and O–H groups in total. The Morgan fingerprint density at radius 2 is 2.27 bits per heavy atom. The summed E-state index contributed by atoms with van der Waals surface area (Å²) >= 11 is 0. The highest BCUT2D eigenvalue weighted by Gasteiger charge is 2.08. The maximum Gasteiger partial charge on any atom is 0.227 e. The molecule has 0 saturated carbocycles. The quantitative estimate of drug-likeness (QED) is 0.638. The van der Waals surface area contributed by atoms with Gasteiger partial charge in [0.15, 0.2) is 5.82 Å². The van der Waals surface area contributed by atoms with Crippen molar-refractivity contribution in [2.75, 3.05) is 27.2 Å². The van der Waals surface area contributed by atoms with E-state index < -0.39 is 0 Å². The van der Waals surface area contributed by atoms with Gasteiger partial charge in [0.05, 0.1) is 6.42 Å². The van der Waals surface area contributed by atoms with Crippen LogP contribution in [0, 0.1) is 0 Å².